The second-order valence-electron chi connectivity index (χ2n) is 14.2. The Morgan fingerprint density at radius 2 is 0.732 bits per heavy atom. The summed E-state index contributed by atoms with van der Waals surface area (Å²) in [5, 5.41) is 3.58. The summed E-state index contributed by atoms with van der Waals surface area (Å²) in [5.74, 6) is 0.850. The molecule has 0 fully saturated rings. The van der Waals surface area contributed by atoms with Crippen LogP contribution in [0.25, 0.3) is 77.6 Å². The molecular weight excluding hydrogens is 679 g/mol. The van der Waals surface area contributed by atoms with E-state index in [1.165, 1.54) is 49.7 Å². The molecule has 0 aliphatic rings. The zero-order valence-corrected chi connectivity index (χ0v) is 30.7. The van der Waals surface area contributed by atoms with Gasteiger partial charge in [0.15, 0.2) is 0 Å². The van der Waals surface area contributed by atoms with Gasteiger partial charge in [0.1, 0.15) is 11.3 Å². The molecule has 0 N–H and O–H groups in total. The van der Waals surface area contributed by atoms with Gasteiger partial charge in [-0.05, 0) is 128 Å². The molecule has 0 saturated carbocycles. The van der Waals surface area contributed by atoms with E-state index in [0.29, 0.717) is 0 Å². The van der Waals surface area contributed by atoms with Gasteiger partial charge in [0, 0.05) is 28.0 Å². The van der Waals surface area contributed by atoms with Crippen molar-refractivity contribution in [2.75, 3.05) is 4.90 Å². The third-order valence-electron chi connectivity index (χ3n) is 10.6. The lowest BCUT2D eigenvalue weighted by molar-refractivity contribution is 0.631. The second kappa shape index (κ2) is 14.4. The van der Waals surface area contributed by atoms with Crippen LogP contribution in [0.2, 0.25) is 0 Å². The average molecular weight is 716 g/mol. The van der Waals surface area contributed by atoms with Crippen molar-refractivity contribution >= 4 is 38.8 Å². The fourth-order valence-corrected chi connectivity index (χ4v) is 7.73. The molecule has 2 heteroatoms. The number of hydrogen-bond acceptors (Lipinski definition) is 2. The Morgan fingerprint density at radius 3 is 1.34 bits per heavy atom. The minimum atomic E-state index is 0.850. The standard InChI is InChI=1S/C54H37NO/c1-3-12-38(13-4-1)47-33-48(39-14-5-2-6-15-39)35-49(34-47)42-26-30-51(31-27-42)55(52-20-11-19-45(36-52)54-37-46-18-9-10-21-53(46)56-54)50-28-24-41(25-29-50)44-23-22-40-16-7-8-17-43(40)32-44/h1-37H. The summed E-state index contributed by atoms with van der Waals surface area (Å²) in [7, 11) is 0. The Balaban J connectivity index is 1.06. The first kappa shape index (κ1) is 33.2. The van der Waals surface area contributed by atoms with Crippen molar-refractivity contribution in [3.63, 3.8) is 0 Å². The van der Waals surface area contributed by atoms with Crippen LogP contribution in [0.1, 0.15) is 0 Å². The highest BCUT2D eigenvalue weighted by Crippen LogP contribution is 2.40. The Morgan fingerprint density at radius 1 is 0.250 bits per heavy atom. The van der Waals surface area contributed by atoms with Crippen LogP contribution in [0.3, 0.4) is 0 Å². The van der Waals surface area contributed by atoms with Crippen molar-refractivity contribution in [2.24, 2.45) is 0 Å². The molecule has 0 spiro atoms. The topological polar surface area (TPSA) is 16.4 Å². The summed E-state index contributed by atoms with van der Waals surface area (Å²) in [5.41, 5.74) is 14.6. The smallest absolute Gasteiger partial charge is 0.135 e. The van der Waals surface area contributed by atoms with E-state index >= 15 is 0 Å². The van der Waals surface area contributed by atoms with Gasteiger partial charge in [-0.15, -0.1) is 0 Å². The first-order chi connectivity index (χ1) is 27.7. The zero-order valence-electron chi connectivity index (χ0n) is 30.7. The molecule has 56 heavy (non-hydrogen) atoms. The molecule has 10 rings (SSSR count). The minimum Gasteiger partial charge on any atom is -0.456 e. The van der Waals surface area contributed by atoms with Crippen LogP contribution in [0.4, 0.5) is 17.1 Å². The van der Waals surface area contributed by atoms with Crippen molar-refractivity contribution in [3.8, 4) is 55.8 Å². The summed E-state index contributed by atoms with van der Waals surface area (Å²) in [6, 6.07) is 80.1. The van der Waals surface area contributed by atoms with Crippen LogP contribution in [0.15, 0.2) is 229 Å². The Kier molecular flexibility index (Phi) is 8.55. The molecular formula is C54H37NO. The predicted molar refractivity (Wildman–Crippen MR) is 236 cm³/mol. The molecule has 0 bridgehead atoms. The van der Waals surface area contributed by atoms with E-state index in [4.69, 9.17) is 4.42 Å². The quantitative estimate of drug-likeness (QED) is 0.156. The van der Waals surface area contributed by atoms with Gasteiger partial charge < -0.3 is 9.32 Å². The fraction of sp³-hybridized carbons (Fsp3) is 0. The molecule has 0 aliphatic carbocycles. The van der Waals surface area contributed by atoms with E-state index in [-0.39, 0.29) is 0 Å². The zero-order chi connectivity index (χ0) is 37.3. The van der Waals surface area contributed by atoms with E-state index < -0.39 is 0 Å². The molecule has 264 valence electrons. The molecule has 0 saturated heterocycles. The van der Waals surface area contributed by atoms with Crippen LogP contribution in [-0.4, -0.2) is 0 Å². The third-order valence-corrected chi connectivity index (χ3v) is 10.6. The number of benzene rings is 9. The van der Waals surface area contributed by atoms with Crippen molar-refractivity contribution in [1.82, 2.24) is 0 Å². The normalized spacial score (nSPS) is 11.2. The lowest BCUT2D eigenvalue weighted by Gasteiger charge is -2.26. The van der Waals surface area contributed by atoms with Crippen LogP contribution >= 0.6 is 0 Å². The lowest BCUT2D eigenvalue weighted by atomic mass is 9.93. The van der Waals surface area contributed by atoms with Crippen molar-refractivity contribution in [3.05, 3.63) is 224 Å². The van der Waals surface area contributed by atoms with E-state index in [0.717, 1.165) is 44.9 Å². The fourth-order valence-electron chi connectivity index (χ4n) is 7.73. The van der Waals surface area contributed by atoms with E-state index in [9.17, 15) is 0 Å². The minimum absolute atomic E-state index is 0.850. The van der Waals surface area contributed by atoms with Gasteiger partial charge in [0.05, 0.1) is 0 Å². The highest BCUT2D eigenvalue weighted by molar-refractivity contribution is 5.89. The number of para-hydroxylation sites is 1. The monoisotopic (exact) mass is 715 g/mol. The molecule has 1 heterocycles. The first-order valence-corrected chi connectivity index (χ1v) is 19.1. The predicted octanol–water partition coefficient (Wildman–Crippen LogP) is 15.4. The maximum atomic E-state index is 6.32. The second-order valence-corrected chi connectivity index (χ2v) is 14.2. The van der Waals surface area contributed by atoms with Gasteiger partial charge >= 0.3 is 0 Å². The molecule has 0 atom stereocenters. The van der Waals surface area contributed by atoms with Crippen molar-refractivity contribution in [2.45, 2.75) is 0 Å². The molecule has 10 aromatic rings. The van der Waals surface area contributed by atoms with Gasteiger partial charge in [-0.1, -0.05) is 152 Å². The molecule has 0 amide bonds. The summed E-state index contributed by atoms with van der Waals surface area (Å²) in [6.45, 7) is 0. The Hall–Kier alpha value is -7.42. The number of anilines is 3. The Labute approximate surface area is 327 Å². The maximum absolute atomic E-state index is 6.32. The SMILES string of the molecule is c1ccc(-c2cc(-c3ccccc3)cc(-c3ccc(N(c4ccc(-c5ccc6ccccc6c5)cc4)c4cccc(-c5cc6ccccc6o5)c4)cc3)c2)cc1. The number of furan rings is 1. The molecule has 0 radical (unpaired) electrons. The van der Waals surface area contributed by atoms with Crippen molar-refractivity contribution < 1.29 is 4.42 Å². The Bertz CT molecular complexity index is 2850. The number of hydrogen-bond donors (Lipinski definition) is 0. The van der Waals surface area contributed by atoms with Gasteiger partial charge in [0.25, 0.3) is 0 Å². The number of nitrogens with zero attached hydrogens (tertiary/aromatic N) is 1. The highest BCUT2D eigenvalue weighted by Gasteiger charge is 2.16. The molecule has 9 aromatic carbocycles. The van der Waals surface area contributed by atoms with Crippen LogP contribution in [-0.2, 0) is 0 Å². The molecule has 1 aromatic heterocycles. The number of fused-ring (bicyclic) bond motifs is 2. The van der Waals surface area contributed by atoms with Crippen LogP contribution in [0.5, 0.6) is 0 Å². The summed E-state index contributed by atoms with van der Waals surface area (Å²) >= 11 is 0. The molecule has 0 aliphatic heterocycles. The van der Waals surface area contributed by atoms with Gasteiger partial charge in [-0.25, -0.2) is 0 Å². The van der Waals surface area contributed by atoms with Gasteiger partial charge in [-0.2, -0.15) is 0 Å². The molecule has 2 nitrogen and oxygen atoms in total. The van der Waals surface area contributed by atoms with Gasteiger partial charge in [-0.3, -0.25) is 0 Å². The third kappa shape index (κ3) is 6.55. The van der Waals surface area contributed by atoms with E-state index in [1.807, 2.05) is 18.2 Å². The lowest BCUT2D eigenvalue weighted by Crippen LogP contribution is -2.10. The van der Waals surface area contributed by atoms with Gasteiger partial charge in [0.2, 0.25) is 0 Å². The molecule has 0 unspecified atom stereocenters. The van der Waals surface area contributed by atoms with Crippen LogP contribution < -0.4 is 4.90 Å². The maximum Gasteiger partial charge on any atom is 0.135 e. The number of rotatable bonds is 8. The largest absolute Gasteiger partial charge is 0.456 e. The van der Waals surface area contributed by atoms with Crippen LogP contribution in [0, 0.1) is 0 Å². The summed E-state index contributed by atoms with van der Waals surface area (Å²) in [4.78, 5) is 2.33. The van der Waals surface area contributed by atoms with Crippen molar-refractivity contribution in [1.29, 1.82) is 0 Å². The average Bonchev–Trinajstić information content (AvgIpc) is 3.72. The van der Waals surface area contributed by atoms with E-state index in [2.05, 4.69) is 211 Å². The summed E-state index contributed by atoms with van der Waals surface area (Å²) in [6.07, 6.45) is 0. The van der Waals surface area contributed by atoms with E-state index in [1.54, 1.807) is 0 Å². The highest BCUT2D eigenvalue weighted by atomic mass is 16.3. The first-order valence-electron chi connectivity index (χ1n) is 19.1. The summed E-state index contributed by atoms with van der Waals surface area (Å²) < 4.78 is 6.32.